The van der Waals surface area contributed by atoms with Gasteiger partial charge in [0, 0.05) is 23.5 Å². The molecule has 14 heteroatoms. The molecule has 0 saturated heterocycles. The molecule has 244 valence electrons. The lowest BCUT2D eigenvalue weighted by Gasteiger charge is -2.30. The Morgan fingerprint density at radius 2 is 1.58 bits per heavy atom. The number of hydrogen-bond acceptors (Lipinski definition) is 9. The summed E-state index contributed by atoms with van der Waals surface area (Å²) in [6.07, 6.45) is -2.22. The SMILES string of the molecule is Cc1csc(COC(=O)NC(CC(N)=O)C(=O)NC(CC(C)C)C(O)CC(C)C(=O)NC(C(=O)NCC(C)C)C(C)C)n1. The Labute approximate surface area is 258 Å². The monoisotopic (exact) mass is 626 g/mol. The fourth-order valence-electron chi connectivity index (χ4n) is 4.17. The normalized spacial score (nSPS) is 14.9. The number of alkyl carbamates (subject to hydrolysis) is 1. The van der Waals surface area contributed by atoms with Crippen molar-refractivity contribution in [1.29, 1.82) is 0 Å². The van der Waals surface area contributed by atoms with E-state index in [0.29, 0.717) is 18.0 Å². The number of nitrogens with two attached hydrogens (primary N) is 1. The third kappa shape index (κ3) is 14.7. The smallest absolute Gasteiger partial charge is 0.408 e. The van der Waals surface area contributed by atoms with E-state index in [1.807, 2.05) is 41.5 Å². The van der Waals surface area contributed by atoms with E-state index in [1.165, 1.54) is 11.3 Å². The molecule has 13 nitrogen and oxygen atoms in total. The zero-order valence-corrected chi connectivity index (χ0v) is 27.4. The summed E-state index contributed by atoms with van der Waals surface area (Å²) in [5, 5.41) is 24.2. The Bertz CT molecular complexity index is 1080. The standard InChI is InChI=1S/C29H50N6O7S/c1-15(2)9-20(22(36)10-18(7)26(38)35-25(17(5)6)28(40)31-12-16(3)4)33-27(39)21(11-23(30)37)34-29(41)42-13-24-32-19(8)14-43-24/h14-18,20-22,25,36H,9-13H2,1-8H3,(H2,30,37)(H,31,40)(H,33,39)(H,34,41)(H,35,38). The van der Waals surface area contributed by atoms with E-state index < -0.39 is 60.4 Å². The molecule has 0 aliphatic carbocycles. The minimum absolute atomic E-state index is 0.00881. The number of aliphatic hydroxyl groups is 1. The number of nitrogens with one attached hydrogen (secondary N) is 4. The Balaban J connectivity index is 2.89. The van der Waals surface area contributed by atoms with Gasteiger partial charge in [-0.2, -0.15) is 0 Å². The molecule has 0 aromatic carbocycles. The van der Waals surface area contributed by atoms with Crippen LogP contribution in [0.4, 0.5) is 4.79 Å². The van der Waals surface area contributed by atoms with Crippen molar-refractivity contribution in [2.75, 3.05) is 6.54 Å². The number of aryl methyl sites for hydroxylation is 1. The van der Waals surface area contributed by atoms with Crippen LogP contribution in [0.2, 0.25) is 0 Å². The van der Waals surface area contributed by atoms with Crippen molar-refractivity contribution in [3.63, 3.8) is 0 Å². The minimum Gasteiger partial charge on any atom is -0.442 e. The Morgan fingerprint density at radius 3 is 2.09 bits per heavy atom. The number of aromatic nitrogens is 1. The van der Waals surface area contributed by atoms with E-state index in [1.54, 1.807) is 19.2 Å². The Morgan fingerprint density at radius 1 is 0.930 bits per heavy atom. The summed E-state index contributed by atoms with van der Waals surface area (Å²) in [6.45, 7) is 15.2. The first-order chi connectivity index (χ1) is 20.0. The van der Waals surface area contributed by atoms with E-state index >= 15 is 0 Å². The summed E-state index contributed by atoms with van der Waals surface area (Å²) >= 11 is 1.31. The molecule has 1 aromatic heterocycles. The summed E-state index contributed by atoms with van der Waals surface area (Å²) in [4.78, 5) is 67.1. The molecule has 0 spiro atoms. The summed E-state index contributed by atoms with van der Waals surface area (Å²) in [7, 11) is 0. The molecular weight excluding hydrogens is 576 g/mol. The zero-order valence-electron chi connectivity index (χ0n) is 26.6. The molecular formula is C29H50N6O7S. The fourth-order valence-corrected chi connectivity index (χ4v) is 4.86. The van der Waals surface area contributed by atoms with Gasteiger partial charge in [-0.05, 0) is 37.5 Å². The highest BCUT2D eigenvalue weighted by Gasteiger charge is 2.32. The van der Waals surface area contributed by atoms with Crippen LogP contribution in [0.15, 0.2) is 5.38 Å². The number of carbonyl (C=O) groups excluding carboxylic acids is 5. The van der Waals surface area contributed by atoms with Crippen LogP contribution >= 0.6 is 11.3 Å². The lowest BCUT2D eigenvalue weighted by atomic mass is 9.91. The van der Waals surface area contributed by atoms with Crippen LogP contribution in [-0.4, -0.2) is 70.6 Å². The molecule has 0 fully saturated rings. The largest absolute Gasteiger partial charge is 0.442 e. The van der Waals surface area contributed by atoms with Gasteiger partial charge in [-0.3, -0.25) is 19.2 Å². The number of hydrogen-bond donors (Lipinski definition) is 6. The van der Waals surface area contributed by atoms with Crippen molar-refractivity contribution >= 4 is 41.1 Å². The Hall–Kier alpha value is -3.26. The first-order valence-electron chi connectivity index (χ1n) is 14.7. The lowest BCUT2D eigenvalue weighted by Crippen LogP contribution is -2.54. The quantitative estimate of drug-likeness (QED) is 0.141. The van der Waals surface area contributed by atoms with E-state index in [-0.39, 0.29) is 36.7 Å². The van der Waals surface area contributed by atoms with Crippen LogP contribution in [0.3, 0.4) is 0 Å². The van der Waals surface area contributed by atoms with Gasteiger partial charge < -0.3 is 36.8 Å². The van der Waals surface area contributed by atoms with Gasteiger partial charge >= 0.3 is 6.09 Å². The van der Waals surface area contributed by atoms with Crippen LogP contribution in [0.25, 0.3) is 0 Å². The van der Waals surface area contributed by atoms with Crippen molar-refractivity contribution in [3.05, 3.63) is 16.1 Å². The van der Waals surface area contributed by atoms with Crippen molar-refractivity contribution < 1.29 is 33.8 Å². The number of thiazole rings is 1. The van der Waals surface area contributed by atoms with E-state index in [4.69, 9.17) is 10.5 Å². The van der Waals surface area contributed by atoms with Gasteiger partial charge in [-0.1, -0.05) is 48.5 Å². The lowest BCUT2D eigenvalue weighted by molar-refractivity contribution is -0.132. The molecule has 1 rings (SSSR count). The molecule has 0 radical (unpaired) electrons. The molecule has 0 aliphatic rings. The number of primary amides is 1. The van der Waals surface area contributed by atoms with Crippen LogP contribution in [0, 0.1) is 30.6 Å². The van der Waals surface area contributed by atoms with Gasteiger partial charge in [-0.25, -0.2) is 9.78 Å². The number of ether oxygens (including phenoxy) is 1. The average Bonchev–Trinajstić information content (AvgIpc) is 3.32. The number of carbonyl (C=O) groups is 5. The van der Waals surface area contributed by atoms with Crippen molar-refractivity contribution in [1.82, 2.24) is 26.3 Å². The first kappa shape index (κ1) is 37.8. The second kappa shape index (κ2) is 18.4. The average molecular weight is 627 g/mol. The molecule has 5 atom stereocenters. The van der Waals surface area contributed by atoms with Crippen LogP contribution < -0.4 is 27.0 Å². The predicted molar refractivity (Wildman–Crippen MR) is 164 cm³/mol. The van der Waals surface area contributed by atoms with Gasteiger partial charge in [0.2, 0.25) is 23.6 Å². The summed E-state index contributed by atoms with van der Waals surface area (Å²) < 4.78 is 5.14. The molecule has 0 saturated carbocycles. The predicted octanol–water partition coefficient (Wildman–Crippen LogP) is 1.75. The Kier molecular flexibility index (Phi) is 16.2. The number of aliphatic hydroxyl groups excluding tert-OH is 1. The summed E-state index contributed by atoms with van der Waals surface area (Å²) in [5.74, 6) is -2.78. The molecule has 0 bridgehead atoms. The highest BCUT2D eigenvalue weighted by Crippen LogP contribution is 2.17. The first-order valence-corrected chi connectivity index (χ1v) is 15.6. The third-order valence-corrected chi connectivity index (χ3v) is 7.44. The molecule has 0 aliphatic heterocycles. The second-order valence-corrected chi connectivity index (χ2v) is 13.1. The molecule has 1 heterocycles. The van der Waals surface area contributed by atoms with Gasteiger partial charge in [0.05, 0.1) is 18.6 Å². The topological polar surface area (TPSA) is 202 Å². The van der Waals surface area contributed by atoms with E-state index in [0.717, 1.165) is 5.69 Å². The van der Waals surface area contributed by atoms with Crippen molar-refractivity contribution in [3.8, 4) is 0 Å². The van der Waals surface area contributed by atoms with E-state index in [9.17, 15) is 29.1 Å². The zero-order chi connectivity index (χ0) is 32.9. The molecule has 7 N–H and O–H groups in total. The van der Waals surface area contributed by atoms with Gasteiger partial charge in [0.15, 0.2) is 0 Å². The second-order valence-electron chi connectivity index (χ2n) is 12.1. The molecule has 43 heavy (non-hydrogen) atoms. The third-order valence-electron chi connectivity index (χ3n) is 6.50. The maximum atomic E-state index is 13.2. The van der Waals surface area contributed by atoms with Crippen LogP contribution in [0.1, 0.15) is 78.4 Å². The highest BCUT2D eigenvalue weighted by molar-refractivity contribution is 7.09. The molecule has 5 unspecified atom stereocenters. The van der Waals surface area contributed by atoms with Crippen molar-refractivity contribution in [2.24, 2.45) is 29.4 Å². The summed E-state index contributed by atoms with van der Waals surface area (Å²) in [6, 6.07) is -2.89. The molecule has 1 aromatic rings. The maximum Gasteiger partial charge on any atom is 0.408 e. The maximum absolute atomic E-state index is 13.2. The van der Waals surface area contributed by atoms with E-state index in [2.05, 4.69) is 26.3 Å². The number of rotatable bonds is 18. The van der Waals surface area contributed by atoms with Gasteiger partial charge in [-0.15, -0.1) is 11.3 Å². The highest BCUT2D eigenvalue weighted by atomic mass is 32.1. The summed E-state index contributed by atoms with van der Waals surface area (Å²) in [5.41, 5.74) is 6.10. The van der Waals surface area contributed by atoms with Crippen molar-refractivity contribution in [2.45, 2.75) is 105 Å². The number of nitrogens with zero attached hydrogens (tertiary/aromatic N) is 1. The molecule has 5 amide bonds. The van der Waals surface area contributed by atoms with Gasteiger partial charge in [0.1, 0.15) is 23.7 Å². The van der Waals surface area contributed by atoms with Crippen LogP contribution in [0.5, 0.6) is 0 Å². The van der Waals surface area contributed by atoms with Crippen LogP contribution in [-0.2, 0) is 30.5 Å². The fraction of sp³-hybridized carbons (Fsp3) is 0.724. The van der Waals surface area contributed by atoms with Gasteiger partial charge in [0.25, 0.3) is 0 Å². The number of amides is 5. The minimum atomic E-state index is -1.35.